The Labute approximate surface area is 251 Å². The lowest BCUT2D eigenvalue weighted by Crippen LogP contribution is -2.28. The number of hydrogen-bond acceptors (Lipinski definition) is 7. The lowest BCUT2D eigenvalue weighted by Gasteiger charge is -2.25. The smallest absolute Gasteiger partial charge is 0.281 e. The van der Waals surface area contributed by atoms with Crippen LogP contribution in [0.15, 0.2) is 69.4 Å². The van der Waals surface area contributed by atoms with E-state index in [9.17, 15) is 17.8 Å². The van der Waals surface area contributed by atoms with Gasteiger partial charge in [0.05, 0.1) is 22.1 Å². The molecule has 2 heterocycles. The highest BCUT2D eigenvalue weighted by Crippen LogP contribution is 2.27. The molecule has 5 rings (SSSR count). The molecule has 0 aliphatic carbocycles. The molecule has 1 atom stereocenters. The lowest BCUT2D eigenvalue weighted by molar-refractivity contribution is 0.0904. The molecule has 5 N–H and O–H groups in total. The molecule has 0 spiro atoms. The number of amides is 1. The number of aliphatic imine (C=N–C) groups is 1. The Kier molecular flexibility index (Phi) is 10.0. The molecule has 2 aliphatic rings. The molecule has 1 amide bonds. The zero-order valence-corrected chi connectivity index (χ0v) is 24.5. The summed E-state index contributed by atoms with van der Waals surface area (Å²) in [5.41, 5.74) is 13.6. The topological polar surface area (TPSA) is 132 Å². The highest BCUT2D eigenvalue weighted by Gasteiger charge is 2.20. The first-order valence-corrected chi connectivity index (χ1v) is 15.4. The number of carbonyl (C=O) groups excluding carboxylic acids is 1. The van der Waals surface area contributed by atoms with Gasteiger partial charge >= 0.3 is 0 Å². The predicted octanol–water partition coefficient (Wildman–Crippen LogP) is 4.32. The maximum Gasteiger partial charge on any atom is 0.281 e. The Morgan fingerprint density at radius 2 is 1.72 bits per heavy atom. The van der Waals surface area contributed by atoms with Gasteiger partial charge in [0, 0.05) is 59.0 Å². The number of nitrogens with two attached hydrogens (primary N) is 2. The van der Waals surface area contributed by atoms with Crippen molar-refractivity contribution in [3.05, 3.63) is 77.4 Å². The van der Waals surface area contributed by atoms with Crippen molar-refractivity contribution in [1.29, 1.82) is 0 Å². The lowest BCUT2D eigenvalue weighted by atomic mass is 10.1. The minimum absolute atomic E-state index is 0.0635. The van der Waals surface area contributed by atoms with Crippen molar-refractivity contribution < 1.29 is 27.3 Å². The summed E-state index contributed by atoms with van der Waals surface area (Å²) in [5.74, 6) is -1.85. The number of ether oxygens (including phenoxy) is 2. The standard InChI is InChI=1S/C31H35F2N5O4S/c32-20-15-21(33)17-25(16-20)43(40)24-4-6-28(34)27(19-24)30(35)37-31(39)26-5-3-23(42-14-11-38-9-1-2-10-38)18-29(26)36-22-7-12-41-13-8-22/h3-6,15-19,22,36H,1-2,7-14,34H2,(H2,35,37,39). The predicted molar refractivity (Wildman–Crippen MR) is 162 cm³/mol. The molecule has 0 bridgehead atoms. The molecule has 2 aliphatic heterocycles. The average molecular weight is 612 g/mol. The molecule has 0 radical (unpaired) electrons. The number of anilines is 2. The monoisotopic (exact) mass is 611 g/mol. The minimum atomic E-state index is -1.93. The van der Waals surface area contributed by atoms with E-state index in [1.54, 1.807) is 18.2 Å². The normalized spacial score (nSPS) is 17.1. The number of nitrogens with zero attached hydrogens (tertiary/aromatic N) is 2. The van der Waals surface area contributed by atoms with Gasteiger partial charge < -0.3 is 26.3 Å². The molecular formula is C31H35F2N5O4S. The fourth-order valence-electron chi connectivity index (χ4n) is 5.15. The van der Waals surface area contributed by atoms with Gasteiger partial charge in [-0.15, -0.1) is 0 Å². The molecule has 3 aromatic carbocycles. The third kappa shape index (κ3) is 7.95. The Bertz CT molecular complexity index is 1500. The molecule has 2 fully saturated rings. The summed E-state index contributed by atoms with van der Waals surface area (Å²) in [7, 11) is -1.93. The van der Waals surface area contributed by atoms with Crippen LogP contribution in [0.1, 0.15) is 41.6 Å². The summed E-state index contributed by atoms with van der Waals surface area (Å²) in [5, 5.41) is 3.45. The van der Waals surface area contributed by atoms with Crippen LogP contribution in [0.4, 0.5) is 20.2 Å². The first kappa shape index (κ1) is 30.6. The van der Waals surface area contributed by atoms with Crippen LogP contribution in [0.5, 0.6) is 5.75 Å². The van der Waals surface area contributed by atoms with Gasteiger partial charge in [-0.25, -0.2) is 13.0 Å². The zero-order chi connectivity index (χ0) is 30.3. The molecule has 43 heavy (non-hydrogen) atoms. The largest absolute Gasteiger partial charge is 0.492 e. The summed E-state index contributed by atoms with van der Waals surface area (Å²) < 4.78 is 52.0. The second-order valence-electron chi connectivity index (χ2n) is 10.6. The van der Waals surface area contributed by atoms with E-state index in [-0.39, 0.29) is 32.9 Å². The van der Waals surface area contributed by atoms with Gasteiger partial charge in [0.2, 0.25) is 0 Å². The molecule has 0 aromatic heterocycles. The zero-order valence-electron chi connectivity index (χ0n) is 23.7. The Hall–Kier alpha value is -3.87. The number of carbonyl (C=O) groups is 1. The van der Waals surface area contributed by atoms with Crippen molar-refractivity contribution in [2.75, 3.05) is 50.5 Å². The van der Waals surface area contributed by atoms with Crippen molar-refractivity contribution >= 4 is 33.9 Å². The molecule has 9 nitrogen and oxygen atoms in total. The van der Waals surface area contributed by atoms with Crippen LogP contribution in [0.25, 0.3) is 0 Å². The second kappa shape index (κ2) is 14.1. The summed E-state index contributed by atoms with van der Waals surface area (Å²) in [4.78, 5) is 20.1. The molecule has 228 valence electrons. The van der Waals surface area contributed by atoms with Gasteiger partial charge in [-0.3, -0.25) is 9.69 Å². The van der Waals surface area contributed by atoms with Crippen molar-refractivity contribution in [2.24, 2.45) is 10.7 Å². The van der Waals surface area contributed by atoms with E-state index >= 15 is 0 Å². The van der Waals surface area contributed by atoms with E-state index in [0.717, 1.165) is 44.6 Å². The molecule has 3 aromatic rings. The van der Waals surface area contributed by atoms with E-state index in [1.165, 1.54) is 31.0 Å². The van der Waals surface area contributed by atoms with Gasteiger partial charge in [-0.1, -0.05) is 0 Å². The number of benzene rings is 3. The SMILES string of the molecule is NC(=NC(=O)c1ccc(OCCN2CCCC2)cc1NC1CCOCC1)c1cc(S(=O)c2cc(F)cc(F)c2)ccc1N. The molecular weight excluding hydrogens is 576 g/mol. The van der Waals surface area contributed by atoms with Crippen LogP contribution in [0, 0.1) is 11.6 Å². The van der Waals surface area contributed by atoms with Crippen LogP contribution in [-0.4, -0.2) is 66.3 Å². The number of halogens is 2. The van der Waals surface area contributed by atoms with Gasteiger partial charge in [-0.2, -0.15) is 4.99 Å². The Morgan fingerprint density at radius 3 is 2.44 bits per heavy atom. The number of likely N-dealkylation sites (tertiary alicyclic amines) is 1. The highest BCUT2D eigenvalue weighted by molar-refractivity contribution is 7.85. The third-order valence-electron chi connectivity index (χ3n) is 7.46. The fraction of sp³-hybridized carbons (Fsp3) is 0.355. The third-order valence-corrected chi connectivity index (χ3v) is 8.81. The second-order valence-corrected chi connectivity index (χ2v) is 12.0. The number of amidine groups is 1. The van der Waals surface area contributed by atoms with Gasteiger partial charge in [0.25, 0.3) is 5.91 Å². The molecule has 1 unspecified atom stereocenters. The molecule has 12 heteroatoms. The van der Waals surface area contributed by atoms with Crippen LogP contribution in [-0.2, 0) is 15.5 Å². The first-order chi connectivity index (χ1) is 20.8. The summed E-state index contributed by atoms with van der Waals surface area (Å²) in [6.07, 6.45) is 3.99. The molecule has 0 saturated carbocycles. The Morgan fingerprint density at radius 1 is 1.00 bits per heavy atom. The van der Waals surface area contributed by atoms with Crippen molar-refractivity contribution in [3.63, 3.8) is 0 Å². The van der Waals surface area contributed by atoms with Gasteiger partial charge in [-0.05, 0) is 81.2 Å². The molecule has 2 saturated heterocycles. The van der Waals surface area contributed by atoms with Crippen LogP contribution >= 0.6 is 0 Å². The Balaban J connectivity index is 1.38. The van der Waals surface area contributed by atoms with Crippen LogP contribution < -0.4 is 21.5 Å². The number of hydrogen-bond donors (Lipinski definition) is 3. The highest BCUT2D eigenvalue weighted by atomic mass is 32.2. The van der Waals surface area contributed by atoms with Crippen molar-refractivity contribution in [1.82, 2.24) is 4.90 Å². The first-order valence-electron chi connectivity index (χ1n) is 14.3. The van der Waals surface area contributed by atoms with Crippen LogP contribution in [0.2, 0.25) is 0 Å². The number of rotatable bonds is 10. The maximum absolute atomic E-state index is 13.7. The van der Waals surface area contributed by atoms with E-state index in [0.29, 0.717) is 42.9 Å². The number of nitrogen functional groups attached to an aromatic ring is 1. The van der Waals surface area contributed by atoms with E-state index < -0.39 is 28.3 Å². The van der Waals surface area contributed by atoms with E-state index in [2.05, 4.69) is 15.2 Å². The average Bonchev–Trinajstić information content (AvgIpc) is 3.51. The van der Waals surface area contributed by atoms with E-state index in [1.807, 2.05) is 0 Å². The quantitative estimate of drug-likeness (QED) is 0.175. The summed E-state index contributed by atoms with van der Waals surface area (Å²) >= 11 is 0. The summed E-state index contributed by atoms with van der Waals surface area (Å²) in [6, 6.07) is 12.3. The van der Waals surface area contributed by atoms with Gasteiger partial charge in [0.1, 0.15) is 29.8 Å². The maximum atomic E-state index is 13.7. The summed E-state index contributed by atoms with van der Waals surface area (Å²) in [6.45, 7) is 4.78. The van der Waals surface area contributed by atoms with Gasteiger partial charge in [0.15, 0.2) is 0 Å². The van der Waals surface area contributed by atoms with Crippen molar-refractivity contribution in [3.8, 4) is 5.75 Å². The van der Waals surface area contributed by atoms with Crippen molar-refractivity contribution in [2.45, 2.75) is 41.5 Å². The fourth-order valence-corrected chi connectivity index (χ4v) is 6.28. The van der Waals surface area contributed by atoms with E-state index in [4.69, 9.17) is 20.9 Å². The van der Waals surface area contributed by atoms with Crippen LogP contribution in [0.3, 0.4) is 0 Å². The number of nitrogens with one attached hydrogen (secondary N) is 1. The minimum Gasteiger partial charge on any atom is -0.492 e.